The van der Waals surface area contributed by atoms with Gasteiger partial charge in [0.2, 0.25) is 5.91 Å². The van der Waals surface area contributed by atoms with Gasteiger partial charge in [0.15, 0.2) is 5.13 Å². The van der Waals surface area contributed by atoms with E-state index in [1.165, 1.54) is 29.2 Å². The molecule has 1 atom stereocenters. The smallest absolute Gasteiger partial charge is 0.272 e. The van der Waals surface area contributed by atoms with Gasteiger partial charge < -0.3 is 16.0 Å². The van der Waals surface area contributed by atoms with Crippen LogP contribution in [0.5, 0.6) is 0 Å². The predicted molar refractivity (Wildman–Crippen MR) is 174 cm³/mol. The summed E-state index contributed by atoms with van der Waals surface area (Å²) in [5.74, 6) is -1.13. The molecule has 0 aliphatic rings. The quantitative estimate of drug-likeness (QED) is 0.109. The molecule has 43 heavy (non-hydrogen) atoms. The summed E-state index contributed by atoms with van der Waals surface area (Å²) >= 11 is 9.07. The largest absolute Gasteiger partial charge is 0.321 e. The van der Waals surface area contributed by atoms with Gasteiger partial charge in [-0.05, 0) is 59.7 Å². The maximum Gasteiger partial charge on any atom is 0.272 e. The zero-order valence-corrected chi connectivity index (χ0v) is 25.0. The van der Waals surface area contributed by atoms with E-state index in [0.29, 0.717) is 27.0 Å². The van der Waals surface area contributed by atoms with Gasteiger partial charge in [0.25, 0.3) is 11.8 Å². The summed E-state index contributed by atoms with van der Waals surface area (Å²) < 4.78 is 0. The number of aromatic nitrogens is 1. The molecule has 0 fully saturated rings. The molecule has 0 bridgehead atoms. The first-order valence-corrected chi connectivity index (χ1v) is 15.3. The van der Waals surface area contributed by atoms with Crippen molar-refractivity contribution < 1.29 is 14.4 Å². The highest BCUT2D eigenvalue weighted by atomic mass is 35.5. The number of rotatable bonds is 10. The van der Waals surface area contributed by atoms with Crippen molar-refractivity contribution in [2.45, 2.75) is 10.1 Å². The molecule has 1 unspecified atom stereocenters. The Morgan fingerprint density at radius 2 is 1.49 bits per heavy atom. The zero-order valence-electron chi connectivity index (χ0n) is 22.6. The second-order valence-electron chi connectivity index (χ2n) is 9.11. The van der Waals surface area contributed by atoms with Crippen LogP contribution in [0.2, 0.25) is 5.02 Å². The number of anilines is 2. The molecule has 4 aromatic carbocycles. The lowest BCUT2D eigenvalue weighted by molar-refractivity contribution is -0.116. The minimum Gasteiger partial charge on any atom is -0.321 e. The molecular formula is C33H25ClN4O3S2. The minimum atomic E-state index is -0.524. The third kappa shape index (κ3) is 8.20. The van der Waals surface area contributed by atoms with Crippen LogP contribution >= 0.6 is 34.7 Å². The molecule has 10 heteroatoms. The van der Waals surface area contributed by atoms with E-state index in [-0.39, 0.29) is 11.6 Å². The molecule has 0 spiro atoms. The monoisotopic (exact) mass is 624 g/mol. The van der Waals surface area contributed by atoms with Crippen LogP contribution in [0.15, 0.2) is 131 Å². The molecule has 0 aliphatic carbocycles. The van der Waals surface area contributed by atoms with Crippen molar-refractivity contribution in [2.24, 2.45) is 0 Å². The molecule has 5 rings (SSSR count). The Hall–Kier alpha value is -4.70. The summed E-state index contributed by atoms with van der Waals surface area (Å²) in [6, 6.07) is 32.3. The summed E-state index contributed by atoms with van der Waals surface area (Å²) in [6.07, 6.45) is 3.17. The van der Waals surface area contributed by atoms with Crippen LogP contribution in [-0.2, 0) is 9.59 Å². The molecule has 3 amide bonds. The number of benzene rings is 4. The van der Waals surface area contributed by atoms with E-state index in [9.17, 15) is 14.4 Å². The van der Waals surface area contributed by atoms with E-state index in [2.05, 4.69) is 20.9 Å². The fraction of sp³-hybridized carbons (Fsp3) is 0.0303. The van der Waals surface area contributed by atoms with Crippen LogP contribution in [0.1, 0.15) is 26.7 Å². The number of hydrogen-bond donors (Lipinski definition) is 3. The Kier molecular flexibility index (Phi) is 10.0. The van der Waals surface area contributed by atoms with Crippen molar-refractivity contribution in [1.29, 1.82) is 0 Å². The first-order chi connectivity index (χ1) is 21.0. The van der Waals surface area contributed by atoms with Crippen molar-refractivity contribution in [2.75, 3.05) is 10.6 Å². The molecule has 0 aliphatic heterocycles. The lowest BCUT2D eigenvalue weighted by Crippen LogP contribution is -2.30. The average Bonchev–Trinajstić information content (AvgIpc) is 3.55. The molecule has 5 aromatic rings. The molecule has 0 radical (unpaired) electrons. The molecule has 0 saturated carbocycles. The standard InChI is InChI=1S/C33H25ClN4O3S2/c34-27-14-8-7-13-24(27)21-28(37-30(39)23-11-5-2-6-12-23)31(40)36-25-15-17-26(18-16-25)43-29(22-9-3-1-4-10-22)32(41)38-33-35-19-20-42-33/h1-21,29H,(H,36,40)(H,37,39)(H,35,38,41)/b28-21-. The summed E-state index contributed by atoms with van der Waals surface area (Å²) in [5, 5.41) is 10.7. The molecule has 1 aromatic heterocycles. The maximum absolute atomic E-state index is 13.4. The Bertz CT molecular complexity index is 1730. The first-order valence-electron chi connectivity index (χ1n) is 13.1. The minimum absolute atomic E-state index is 0.0309. The number of thioether (sulfide) groups is 1. The second-order valence-corrected chi connectivity index (χ2v) is 11.6. The molecule has 3 N–H and O–H groups in total. The van der Waals surface area contributed by atoms with Crippen molar-refractivity contribution in [3.8, 4) is 0 Å². The van der Waals surface area contributed by atoms with Crippen LogP contribution in [0, 0.1) is 0 Å². The number of thiazole rings is 1. The van der Waals surface area contributed by atoms with Gasteiger partial charge in [-0.1, -0.05) is 78.3 Å². The van der Waals surface area contributed by atoms with Crippen LogP contribution < -0.4 is 16.0 Å². The number of carbonyl (C=O) groups is 3. The third-order valence-corrected chi connectivity index (χ3v) is 8.40. The normalized spacial score (nSPS) is 11.8. The van der Waals surface area contributed by atoms with Crippen LogP contribution in [0.25, 0.3) is 6.08 Å². The Balaban J connectivity index is 1.33. The van der Waals surface area contributed by atoms with Gasteiger partial charge in [-0.15, -0.1) is 23.1 Å². The first kappa shape index (κ1) is 29.8. The van der Waals surface area contributed by atoms with E-state index in [1.807, 2.05) is 42.5 Å². The molecule has 7 nitrogen and oxygen atoms in total. The summed E-state index contributed by atoms with van der Waals surface area (Å²) in [6.45, 7) is 0. The Morgan fingerprint density at radius 1 is 0.814 bits per heavy atom. The van der Waals surface area contributed by atoms with Crippen LogP contribution in [0.4, 0.5) is 10.8 Å². The summed E-state index contributed by atoms with van der Waals surface area (Å²) in [5.41, 5.74) is 2.38. The molecular weight excluding hydrogens is 600 g/mol. The Labute approximate surface area is 262 Å². The highest BCUT2D eigenvalue weighted by Crippen LogP contribution is 2.37. The van der Waals surface area contributed by atoms with Crippen molar-refractivity contribution in [3.63, 3.8) is 0 Å². The van der Waals surface area contributed by atoms with Gasteiger partial charge in [0.1, 0.15) is 10.9 Å². The number of nitrogens with zero attached hydrogens (tertiary/aromatic N) is 1. The van der Waals surface area contributed by atoms with E-state index in [0.717, 1.165) is 10.5 Å². The van der Waals surface area contributed by atoms with Gasteiger partial charge >= 0.3 is 0 Å². The highest BCUT2D eigenvalue weighted by molar-refractivity contribution is 8.00. The van der Waals surface area contributed by atoms with Gasteiger partial charge in [-0.25, -0.2) is 4.98 Å². The number of nitrogens with one attached hydrogen (secondary N) is 3. The average molecular weight is 625 g/mol. The third-order valence-electron chi connectivity index (χ3n) is 6.10. The van der Waals surface area contributed by atoms with E-state index >= 15 is 0 Å². The number of hydrogen-bond acceptors (Lipinski definition) is 6. The number of carbonyl (C=O) groups excluding carboxylic acids is 3. The summed E-state index contributed by atoms with van der Waals surface area (Å²) in [7, 11) is 0. The molecule has 214 valence electrons. The molecule has 1 heterocycles. The topological polar surface area (TPSA) is 100 Å². The van der Waals surface area contributed by atoms with E-state index < -0.39 is 17.1 Å². The zero-order chi connectivity index (χ0) is 30.0. The van der Waals surface area contributed by atoms with Gasteiger partial charge in [0.05, 0.1) is 0 Å². The van der Waals surface area contributed by atoms with Crippen LogP contribution in [-0.4, -0.2) is 22.7 Å². The van der Waals surface area contributed by atoms with Crippen molar-refractivity contribution >= 4 is 69.3 Å². The fourth-order valence-corrected chi connectivity index (χ4v) is 5.74. The van der Waals surface area contributed by atoms with E-state index in [4.69, 9.17) is 11.6 Å². The van der Waals surface area contributed by atoms with Crippen LogP contribution in [0.3, 0.4) is 0 Å². The van der Waals surface area contributed by atoms with Gasteiger partial charge in [-0.3, -0.25) is 14.4 Å². The van der Waals surface area contributed by atoms with Crippen molar-refractivity contribution in [3.05, 3.63) is 148 Å². The maximum atomic E-state index is 13.4. The SMILES string of the molecule is O=C(Nc1ccc(SC(C(=O)Nc2nccs2)c2ccccc2)cc1)/C(=C/c1ccccc1Cl)NC(=O)c1ccccc1. The summed E-state index contributed by atoms with van der Waals surface area (Å²) in [4.78, 5) is 44.5. The van der Waals surface area contributed by atoms with Gasteiger partial charge in [-0.2, -0.15) is 0 Å². The second kappa shape index (κ2) is 14.5. The lowest BCUT2D eigenvalue weighted by Gasteiger charge is -2.16. The molecule has 0 saturated heterocycles. The predicted octanol–water partition coefficient (Wildman–Crippen LogP) is 7.68. The Morgan fingerprint density at radius 3 is 2.16 bits per heavy atom. The van der Waals surface area contributed by atoms with E-state index in [1.54, 1.807) is 78.3 Å². The van der Waals surface area contributed by atoms with Gasteiger partial charge in [0, 0.05) is 32.7 Å². The number of halogens is 1. The fourth-order valence-electron chi connectivity index (χ4n) is 4.00. The highest BCUT2D eigenvalue weighted by Gasteiger charge is 2.23. The lowest BCUT2D eigenvalue weighted by atomic mass is 10.1. The van der Waals surface area contributed by atoms with Crippen molar-refractivity contribution in [1.82, 2.24) is 10.3 Å². The number of amides is 3.